The van der Waals surface area contributed by atoms with Crippen LogP contribution in [-0.2, 0) is 0 Å². The molecular formula is C17H11NO2. The third-order valence-corrected chi connectivity index (χ3v) is 3.55. The minimum absolute atomic E-state index is 0.176. The molecule has 0 spiro atoms. The lowest BCUT2D eigenvalue weighted by Gasteiger charge is -2.08. The Morgan fingerprint density at radius 1 is 0.850 bits per heavy atom. The van der Waals surface area contributed by atoms with Crippen molar-refractivity contribution in [3.05, 3.63) is 61.0 Å². The van der Waals surface area contributed by atoms with Crippen LogP contribution in [0, 0.1) is 0 Å². The van der Waals surface area contributed by atoms with E-state index in [-0.39, 0.29) is 5.75 Å². The zero-order valence-corrected chi connectivity index (χ0v) is 10.6. The summed E-state index contributed by atoms with van der Waals surface area (Å²) >= 11 is 0. The first kappa shape index (κ1) is 11.1. The molecule has 0 unspecified atom stereocenters. The van der Waals surface area contributed by atoms with Gasteiger partial charge >= 0.3 is 0 Å². The van der Waals surface area contributed by atoms with E-state index in [0.717, 1.165) is 16.2 Å². The SMILES string of the molecule is Oc1ccc2c(ccc3ccccc32)c1-c1ncco1. The van der Waals surface area contributed by atoms with Gasteiger partial charge < -0.3 is 9.52 Å². The van der Waals surface area contributed by atoms with Gasteiger partial charge in [0.1, 0.15) is 12.0 Å². The first-order chi connectivity index (χ1) is 9.84. The summed E-state index contributed by atoms with van der Waals surface area (Å²) < 4.78 is 5.35. The van der Waals surface area contributed by atoms with E-state index in [0.29, 0.717) is 11.5 Å². The molecule has 0 fully saturated rings. The fourth-order valence-electron chi connectivity index (χ4n) is 2.65. The second kappa shape index (κ2) is 4.10. The number of rotatable bonds is 1. The fraction of sp³-hybridized carbons (Fsp3) is 0. The molecule has 1 N–H and O–H groups in total. The van der Waals surface area contributed by atoms with Crippen molar-refractivity contribution in [1.82, 2.24) is 4.98 Å². The van der Waals surface area contributed by atoms with Crippen molar-refractivity contribution in [2.45, 2.75) is 0 Å². The summed E-state index contributed by atoms with van der Waals surface area (Å²) in [5.74, 6) is 0.610. The summed E-state index contributed by atoms with van der Waals surface area (Å²) in [6.45, 7) is 0. The van der Waals surface area contributed by atoms with Crippen molar-refractivity contribution >= 4 is 21.5 Å². The number of fused-ring (bicyclic) bond motifs is 3. The zero-order chi connectivity index (χ0) is 13.5. The third-order valence-electron chi connectivity index (χ3n) is 3.55. The highest BCUT2D eigenvalue weighted by Gasteiger charge is 2.14. The summed E-state index contributed by atoms with van der Waals surface area (Å²) in [6, 6.07) is 15.8. The van der Waals surface area contributed by atoms with Crippen molar-refractivity contribution in [3.63, 3.8) is 0 Å². The Labute approximate surface area is 115 Å². The van der Waals surface area contributed by atoms with E-state index >= 15 is 0 Å². The first-order valence-corrected chi connectivity index (χ1v) is 6.38. The molecule has 0 aliphatic heterocycles. The van der Waals surface area contributed by atoms with Gasteiger partial charge in [-0.25, -0.2) is 4.98 Å². The number of hydrogen-bond acceptors (Lipinski definition) is 3. The molecule has 0 atom stereocenters. The van der Waals surface area contributed by atoms with Crippen LogP contribution in [-0.4, -0.2) is 10.1 Å². The normalized spacial score (nSPS) is 11.2. The number of phenolic OH excluding ortho intramolecular Hbond substituents is 1. The van der Waals surface area contributed by atoms with Crippen molar-refractivity contribution in [2.75, 3.05) is 0 Å². The van der Waals surface area contributed by atoms with Crippen LogP contribution in [0.5, 0.6) is 5.75 Å². The van der Waals surface area contributed by atoms with Crippen LogP contribution in [0.4, 0.5) is 0 Å². The Bertz CT molecular complexity index is 911. The molecule has 0 aliphatic carbocycles. The van der Waals surface area contributed by atoms with Crippen molar-refractivity contribution in [2.24, 2.45) is 0 Å². The van der Waals surface area contributed by atoms with Crippen LogP contribution >= 0.6 is 0 Å². The molecule has 20 heavy (non-hydrogen) atoms. The van der Waals surface area contributed by atoms with Crippen molar-refractivity contribution < 1.29 is 9.52 Å². The minimum Gasteiger partial charge on any atom is -0.507 e. The molecule has 0 saturated carbocycles. The molecule has 4 aromatic rings. The van der Waals surface area contributed by atoms with Crippen LogP contribution < -0.4 is 0 Å². The number of oxazole rings is 1. The number of phenols is 1. The first-order valence-electron chi connectivity index (χ1n) is 6.38. The second-order valence-electron chi connectivity index (χ2n) is 4.68. The van der Waals surface area contributed by atoms with Gasteiger partial charge in [-0.2, -0.15) is 0 Å². The van der Waals surface area contributed by atoms with Gasteiger partial charge in [-0.05, 0) is 27.6 Å². The Balaban J connectivity index is 2.19. The van der Waals surface area contributed by atoms with Gasteiger partial charge in [-0.15, -0.1) is 0 Å². The predicted molar refractivity (Wildman–Crippen MR) is 78.6 cm³/mol. The van der Waals surface area contributed by atoms with Gasteiger partial charge in [0.25, 0.3) is 0 Å². The molecule has 1 heterocycles. The molecule has 4 rings (SSSR count). The van der Waals surface area contributed by atoms with Gasteiger partial charge in [0, 0.05) is 0 Å². The van der Waals surface area contributed by atoms with E-state index < -0.39 is 0 Å². The lowest BCUT2D eigenvalue weighted by molar-refractivity contribution is 0.474. The number of nitrogens with zero attached hydrogens (tertiary/aromatic N) is 1. The summed E-state index contributed by atoms with van der Waals surface area (Å²) in [5.41, 5.74) is 0.637. The summed E-state index contributed by atoms with van der Waals surface area (Å²) in [4.78, 5) is 4.15. The number of aromatic nitrogens is 1. The van der Waals surface area contributed by atoms with Crippen LogP contribution in [0.1, 0.15) is 0 Å². The van der Waals surface area contributed by atoms with Crippen LogP contribution in [0.15, 0.2) is 65.4 Å². The smallest absolute Gasteiger partial charge is 0.230 e. The Kier molecular flexibility index (Phi) is 2.27. The van der Waals surface area contributed by atoms with Gasteiger partial charge in [-0.3, -0.25) is 0 Å². The molecule has 0 radical (unpaired) electrons. The van der Waals surface area contributed by atoms with Crippen molar-refractivity contribution in [1.29, 1.82) is 0 Å². The number of aromatic hydroxyl groups is 1. The summed E-state index contributed by atoms with van der Waals surface area (Å²) in [5, 5.41) is 14.5. The molecule has 3 nitrogen and oxygen atoms in total. The lowest BCUT2D eigenvalue weighted by atomic mass is 9.98. The summed E-state index contributed by atoms with van der Waals surface area (Å²) in [6.07, 6.45) is 3.09. The molecule has 1 aromatic heterocycles. The highest BCUT2D eigenvalue weighted by atomic mass is 16.3. The topological polar surface area (TPSA) is 46.3 Å². The van der Waals surface area contributed by atoms with Gasteiger partial charge in [0.05, 0.1) is 11.8 Å². The molecule has 96 valence electrons. The van der Waals surface area contributed by atoms with E-state index in [9.17, 15) is 5.11 Å². The minimum atomic E-state index is 0.176. The molecule has 0 saturated heterocycles. The van der Waals surface area contributed by atoms with E-state index in [1.54, 1.807) is 12.3 Å². The van der Waals surface area contributed by atoms with Crippen LogP contribution in [0.2, 0.25) is 0 Å². The highest BCUT2D eigenvalue weighted by molar-refractivity contribution is 6.12. The highest BCUT2D eigenvalue weighted by Crippen LogP contribution is 2.38. The van der Waals surface area contributed by atoms with Crippen LogP contribution in [0.25, 0.3) is 33.0 Å². The molecule has 0 aliphatic rings. The summed E-state index contributed by atoms with van der Waals surface area (Å²) in [7, 11) is 0. The maximum Gasteiger partial charge on any atom is 0.230 e. The van der Waals surface area contributed by atoms with Crippen molar-refractivity contribution in [3.8, 4) is 17.2 Å². The third kappa shape index (κ3) is 1.50. The average molecular weight is 261 g/mol. The molecule has 0 bridgehead atoms. The van der Waals surface area contributed by atoms with Crippen LogP contribution in [0.3, 0.4) is 0 Å². The Morgan fingerprint density at radius 3 is 2.55 bits per heavy atom. The number of benzene rings is 3. The molecular weight excluding hydrogens is 250 g/mol. The zero-order valence-electron chi connectivity index (χ0n) is 10.6. The van der Waals surface area contributed by atoms with Gasteiger partial charge in [0.15, 0.2) is 0 Å². The van der Waals surface area contributed by atoms with Gasteiger partial charge in [-0.1, -0.05) is 42.5 Å². The maximum absolute atomic E-state index is 10.2. The maximum atomic E-state index is 10.2. The van der Waals surface area contributed by atoms with E-state index in [1.807, 2.05) is 30.3 Å². The quantitative estimate of drug-likeness (QED) is 0.518. The van der Waals surface area contributed by atoms with E-state index in [1.165, 1.54) is 11.6 Å². The lowest BCUT2D eigenvalue weighted by Crippen LogP contribution is -1.84. The largest absolute Gasteiger partial charge is 0.507 e. The monoisotopic (exact) mass is 261 g/mol. The Morgan fingerprint density at radius 2 is 1.70 bits per heavy atom. The number of hydrogen-bond donors (Lipinski definition) is 1. The standard InChI is InChI=1S/C17H11NO2/c19-15-8-7-13-12-4-2-1-3-11(12)5-6-14(13)16(15)17-18-9-10-20-17/h1-10,19H. The molecule has 3 heteroatoms. The molecule has 3 aromatic carbocycles. The Hall–Kier alpha value is -2.81. The predicted octanol–water partition coefficient (Wildman–Crippen LogP) is 4.35. The van der Waals surface area contributed by atoms with Gasteiger partial charge in [0.2, 0.25) is 5.89 Å². The molecule has 0 amide bonds. The fourth-order valence-corrected chi connectivity index (χ4v) is 2.65. The second-order valence-corrected chi connectivity index (χ2v) is 4.68. The average Bonchev–Trinajstić information content (AvgIpc) is 3.00. The van der Waals surface area contributed by atoms with E-state index in [4.69, 9.17) is 4.42 Å². The van der Waals surface area contributed by atoms with E-state index in [2.05, 4.69) is 17.1 Å².